The highest BCUT2D eigenvalue weighted by Gasteiger charge is 2.18. The van der Waals surface area contributed by atoms with Crippen LogP contribution in [-0.4, -0.2) is 10.4 Å². The Kier molecular flexibility index (Phi) is 4.50. The number of nitriles is 1. The highest BCUT2D eigenvalue weighted by atomic mass is 35.5. The molecule has 0 saturated carbocycles. The van der Waals surface area contributed by atoms with Gasteiger partial charge in [-0.1, -0.05) is 48.0 Å². The van der Waals surface area contributed by atoms with E-state index in [1.54, 1.807) is 30.3 Å². The molecule has 3 rings (SSSR count). The van der Waals surface area contributed by atoms with Crippen molar-refractivity contribution >= 4 is 34.4 Å². The van der Waals surface area contributed by atoms with Gasteiger partial charge in [-0.25, -0.2) is 0 Å². The number of halogens is 1. The van der Waals surface area contributed by atoms with Crippen LogP contribution in [0.3, 0.4) is 0 Å². The number of carbonyl (C=O) groups is 1. The molecule has 4 heteroatoms. The summed E-state index contributed by atoms with van der Waals surface area (Å²) < 4.78 is 1.93. The summed E-state index contributed by atoms with van der Waals surface area (Å²) >= 11 is 6.44. The number of hydrogen-bond acceptors (Lipinski definition) is 2. The molecule has 0 spiro atoms. The Labute approximate surface area is 145 Å². The number of nitrogens with zero attached hydrogens (tertiary/aromatic N) is 2. The van der Waals surface area contributed by atoms with E-state index in [0.29, 0.717) is 22.8 Å². The number of rotatable bonds is 4. The molecule has 118 valence electrons. The normalized spacial score (nSPS) is 11.0. The Bertz CT molecular complexity index is 975. The first-order valence-electron chi connectivity index (χ1n) is 7.65. The van der Waals surface area contributed by atoms with Gasteiger partial charge in [-0.05, 0) is 36.8 Å². The molecule has 0 amide bonds. The smallest absolute Gasteiger partial charge is 0.189 e. The summed E-state index contributed by atoms with van der Waals surface area (Å²) in [6.07, 6.45) is 3.26. The lowest BCUT2D eigenvalue weighted by atomic mass is 10.1. The second-order valence-corrected chi connectivity index (χ2v) is 5.72. The average molecular weight is 335 g/mol. The van der Waals surface area contributed by atoms with E-state index in [0.717, 1.165) is 16.5 Å². The lowest BCUT2D eigenvalue weighted by Crippen LogP contribution is -1.97. The summed E-state index contributed by atoms with van der Waals surface area (Å²) in [5, 5.41) is 10.1. The monoisotopic (exact) mass is 334 g/mol. The molecule has 24 heavy (non-hydrogen) atoms. The Balaban J connectivity index is 1.98. The van der Waals surface area contributed by atoms with Gasteiger partial charge in [0.1, 0.15) is 5.15 Å². The topological polar surface area (TPSA) is 45.8 Å². The Morgan fingerprint density at radius 1 is 1.21 bits per heavy atom. The maximum atomic E-state index is 12.7. The van der Waals surface area contributed by atoms with Crippen LogP contribution in [0.1, 0.15) is 28.4 Å². The van der Waals surface area contributed by atoms with Crippen molar-refractivity contribution in [1.82, 2.24) is 4.57 Å². The van der Waals surface area contributed by atoms with Crippen molar-refractivity contribution in [3.8, 4) is 6.07 Å². The third-order valence-electron chi connectivity index (χ3n) is 3.94. The van der Waals surface area contributed by atoms with Crippen LogP contribution in [0.4, 0.5) is 0 Å². The van der Waals surface area contributed by atoms with Gasteiger partial charge in [-0.2, -0.15) is 5.26 Å². The number of aromatic nitrogens is 1. The van der Waals surface area contributed by atoms with Crippen LogP contribution in [0.5, 0.6) is 0 Å². The van der Waals surface area contributed by atoms with Gasteiger partial charge in [0, 0.05) is 17.4 Å². The second-order valence-electron chi connectivity index (χ2n) is 5.36. The molecule has 1 aromatic heterocycles. The molecule has 0 bridgehead atoms. The molecule has 0 saturated heterocycles. The molecule has 3 aromatic rings. The summed E-state index contributed by atoms with van der Waals surface area (Å²) in [5.74, 6) is -0.132. The first-order valence-corrected chi connectivity index (χ1v) is 8.02. The van der Waals surface area contributed by atoms with Crippen LogP contribution in [-0.2, 0) is 6.54 Å². The highest BCUT2D eigenvalue weighted by molar-refractivity contribution is 6.36. The SMILES string of the molecule is CCn1c(Cl)c(C(=O)/C=C\c2ccc(C#N)cc2)c2ccccc21. The number of ketones is 1. The lowest BCUT2D eigenvalue weighted by molar-refractivity contribution is 0.104. The van der Waals surface area contributed by atoms with Crippen LogP contribution < -0.4 is 0 Å². The minimum absolute atomic E-state index is 0.132. The molecule has 0 radical (unpaired) electrons. The Hall–Kier alpha value is -2.83. The van der Waals surface area contributed by atoms with Gasteiger partial charge in [0.15, 0.2) is 5.78 Å². The first kappa shape index (κ1) is 16.0. The van der Waals surface area contributed by atoms with E-state index in [-0.39, 0.29) is 5.78 Å². The third kappa shape index (κ3) is 2.84. The molecule has 0 fully saturated rings. The number of aryl methyl sites for hydroxylation is 1. The van der Waals surface area contributed by atoms with Crippen LogP contribution in [0.2, 0.25) is 5.15 Å². The standard InChI is InChI=1S/C20H15ClN2O/c1-2-23-17-6-4-3-5-16(17)19(20(23)21)18(24)12-11-14-7-9-15(13-22)10-8-14/h3-12H,2H2,1H3/b12-11-. The van der Waals surface area contributed by atoms with E-state index in [9.17, 15) is 4.79 Å². The van der Waals surface area contributed by atoms with Crippen molar-refractivity contribution in [2.75, 3.05) is 0 Å². The van der Waals surface area contributed by atoms with Crippen molar-refractivity contribution in [3.05, 3.63) is 76.5 Å². The van der Waals surface area contributed by atoms with Gasteiger partial charge in [-0.15, -0.1) is 0 Å². The summed E-state index contributed by atoms with van der Waals surface area (Å²) in [4.78, 5) is 12.7. The van der Waals surface area contributed by atoms with E-state index >= 15 is 0 Å². The fourth-order valence-electron chi connectivity index (χ4n) is 2.74. The van der Waals surface area contributed by atoms with Crippen molar-refractivity contribution in [3.63, 3.8) is 0 Å². The molecule has 0 unspecified atom stereocenters. The third-order valence-corrected chi connectivity index (χ3v) is 4.33. The Morgan fingerprint density at radius 2 is 1.92 bits per heavy atom. The molecule has 3 nitrogen and oxygen atoms in total. The largest absolute Gasteiger partial charge is 0.331 e. The molecule has 0 N–H and O–H groups in total. The maximum Gasteiger partial charge on any atom is 0.189 e. The molecule has 2 aromatic carbocycles. The Morgan fingerprint density at radius 3 is 2.58 bits per heavy atom. The number of allylic oxidation sites excluding steroid dienone is 1. The summed E-state index contributed by atoms with van der Waals surface area (Å²) in [7, 11) is 0. The van der Waals surface area contributed by atoms with Crippen LogP contribution in [0, 0.1) is 11.3 Å². The average Bonchev–Trinajstić information content (AvgIpc) is 2.91. The number of carbonyl (C=O) groups excluding carboxylic acids is 1. The molecular formula is C20H15ClN2O. The molecular weight excluding hydrogens is 320 g/mol. The number of hydrogen-bond donors (Lipinski definition) is 0. The zero-order valence-electron chi connectivity index (χ0n) is 13.2. The van der Waals surface area contributed by atoms with Crippen molar-refractivity contribution < 1.29 is 4.79 Å². The number of fused-ring (bicyclic) bond motifs is 1. The quantitative estimate of drug-likeness (QED) is 0.493. The predicted octanol–water partition coefficient (Wildman–Crippen LogP) is 5.08. The zero-order valence-corrected chi connectivity index (χ0v) is 13.9. The molecule has 0 aliphatic heterocycles. The van der Waals surface area contributed by atoms with Crippen molar-refractivity contribution in [2.45, 2.75) is 13.5 Å². The van der Waals surface area contributed by atoms with E-state index in [2.05, 4.69) is 6.07 Å². The summed E-state index contributed by atoms with van der Waals surface area (Å²) in [6.45, 7) is 2.70. The van der Waals surface area contributed by atoms with Crippen LogP contribution in [0.25, 0.3) is 17.0 Å². The molecule has 0 atom stereocenters. The fourth-order valence-corrected chi connectivity index (χ4v) is 3.15. The zero-order chi connectivity index (χ0) is 17.1. The minimum atomic E-state index is -0.132. The lowest BCUT2D eigenvalue weighted by Gasteiger charge is -2.01. The van der Waals surface area contributed by atoms with Crippen molar-refractivity contribution in [2.24, 2.45) is 0 Å². The highest BCUT2D eigenvalue weighted by Crippen LogP contribution is 2.30. The van der Waals surface area contributed by atoms with Crippen LogP contribution in [0.15, 0.2) is 54.6 Å². The molecule has 1 heterocycles. The van der Waals surface area contributed by atoms with Crippen molar-refractivity contribution in [1.29, 1.82) is 5.26 Å². The van der Waals surface area contributed by atoms with Gasteiger partial charge in [0.05, 0.1) is 17.2 Å². The van der Waals surface area contributed by atoms with Gasteiger partial charge < -0.3 is 4.57 Å². The van der Waals surface area contributed by atoms with E-state index in [1.165, 1.54) is 6.08 Å². The van der Waals surface area contributed by atoms with Gasteiger partial charge in [0.25, 0.3) is 0 Å². The van der Waals surface area contributed by atoms with Gasteiger partial charge >= 0.3 is 0 Å². The van der Waals surface area contributed by atoms with Crippen LogP contribution >= 0.6 is 11.6 Å². The summed E-state index contributed by atoms with van der Waals surface area (Å²) in [5.41, 5.74) is 2.93. The molecule has 0 aliphatic rings. The minimum Gasteiger partial charge on any atom is -0.331 e. The number of para-hydroxylation sites is 1. The fraction of sp³-hybridized carbons (Fsp3) is 0.100. The van der Waals surface area contributed by atoms with Gasteiger partial charge in [0.2, 0.25) is 0 Å². The number of benzene rings is 2. The molecule has 0 aliphatic carbocycles. The summed E-state index contributed by atoms with van der Waals surface area (Å²) in [6, 6.07) is 16.8. The first-order chi connectivity index (χ1) is 11.7. The second kappa shape index (κ2) is 6.74. The maximum absolute atomic E-state index is 12.7. The van der Waals surface area contributed by atoms with Gasteiger partial charge in [-0.3, -0.25) is 4.79 Å². The van der Waals surface area contributed by atoms with E-state index < -0.39 is 0 Å². The van der Waals surface area contributed by atoms with E-state index in [1.807, 2.05) is 35.8 Å². The van der Waals surface area contributed by atoms with E-state index in [4.69, 9.17) is 16.9 Å². The predicted molar refractivity (Wildman–Crippen MR) is 97.1 cm³/mol.